The summed E-state index contributed by atoms with van der Waals surface area (Å²) in [5, 5.41) is -0.226. The highest BCUT2D eigenvalue weighted by Crippen LogP contribution is 2.74. The molecule has 0 atom stereocenters. The van der Waals surface area contributed by atoms with Crippen molar-refractivity contribution in [2.45, 2.75) is 27.7 Å². The molecule has 1 aromatic carbocycles. The molecular weight excluding hydrogens is 434 g/mol. The summed E-state index contributed by atoms with van der Waals surface area (Å²) in [5.41, 5.74) is 0.378. The molecule has 0 saturated heterocycles. The Morgan fingerprint density at radius 3 is 1.57 bits per heavy atom. The van der Waals surface area contributed by atoms with Crippen molar-refractivity contribution < 1.29 is 41.4 Å². The molecule has 0 aliphatic carbocycles. The Hall–Kier alpha value is -1.34. The van der Waals surface area contributed by atoms with E-state index in [1.807, 2.05) is 0 Å². The molecule has 0 radical (unpaired) electrons. The van der Waals surface area contributed by atoms with Crippen molar-refractivity contribution in [3.63, 3.8) is 0 Å². The summed E-state index contributed by atoms with van der Waals surface area (Å²) in [5.74, 6) is 1.13. The molecule has 172 valence electrons. The molecule has 0 fully saturated rings. The molecule has 0 spiro atoms. The van der Waals surface area contributed by atoms with Gasteiger partial charge in [-0.25, -0.2) is 0 Å². The Bertz CT molecular complexity index is 755. The summed E-state index contributed by atoms with van der Waals surface area (Å²) in [4.78, 5) is 0. The van der Waals surface area contributed by atoms with E-state index in [-0.39, 0.29) is 31.5 Å². The van der Waals surface area contributed by atoms with Gasteiger partial charge in [-0.05, 0) is 39.8 Å². The molecule has 0 heterocycles. The van der Waals surface area contributed by atoms with Crippen molar-refractivity contribution >= 4 is 21.3 Å². The lowest BCUT2D eigenvalue weighted by Crippen LogP contribution is -2.05. The molecule has 1 rings (SSSR count). The number of methoxy groups -OCH3 is 3. The highest BCUT2D eigenvalue weighted by Gasteiger charge is 2.45. The molecule has 0 bridgehead atoms. The molecule has 0 saturated carbocycles. The van der Waals surface area contributed by atoms with E-state index in [0.717, 1.165) is 0 Å². The van der Waals surface area contributed by atoms with Crippen LogP contribution in [0.25, 0.3) is 6.08 Å². The first kappa shape index (κ1) is 26.7. The van der Waals surface area contributed by atoms with Gasteiger partial charge in [-0.3, -0.25) is 9.13 Å². The van der Waals surface area contributed by atoms with Crippen molar-refractivity contribution in [3.8, 4) is 17.2 Å². The smallest absolute Gasteiger partial charge is 0.369 e. The quantitative estimate of drug-likeness (QED) is 0.327. The Morgan fingerprint density at radius 1 is 0.767 bits per heavy atom. The SMILES string of the molecule is CCOP(=O)(OCC)C(=Cc1cc(OC)cc(OC)c1OC)P(=O)(OCC)OCC. The van der Waals surface area contributed by atoms with Crippen LogP contribution in [0.4, 0.5) is 0 Å². The van der Waals surface area contributed by atoms with E-state index in [2.05, 4.69) is 0 Å². The topological polar surface area (TPSA) is 98.8 Å². The number of hydrogen-bond donors (Lipinski definition) is 0. The summed E-state index contributed by atoms with van der Waals surface area (Å²) in [6.45, 7) is 6.87. The fraction of sp³-hybridized carbons (Fsp3) is 0.579. The zero-order valence-corrected chi connectivity index (χ0v) is 20.4. The molecule has 0 aliphatic rings. The van der Waals surface area contributed by atoms with Crippen LogP contribution in [0.2, 0.25) is 0 Å². The number of ether oxygens (including phenoxy) is 3. The van der Waals surface area contributed by atoms with Crippen molar-refractivity contribution in [1.82, 2.24) is 0 Å². The van der Waals surface area contributed by atoms with E-state index in [4.69, 9.17) is 32.3 Å². The zero-order valence-electron chi connectivity index (χ0n) is 18.6. The van der Waals surface area contributed by atoms with E-state index in [9.17, 15) is 9.13 Å². The fourth-order valence-corrected chi connectivity index (χ4v) is 7.18. The van der Waals surface area contributed by atoms with Gasteiger partial charge in [0.1, 0.15) is 5.75 Å². The second kappa shape index (κ2) is 12.5. The van der Waals surface area contributed by atoms with Crippen molar-refractivity contribution in [3.05, 3.63) is 22.8 Å². The third-order valence-corrected chi connectivity index (χ3v) is 9.00. The molecule has 9 nitrogen and oxygen atoms in total. The first-order chi connectivity index (χ1) is 14.3. The third kappa shape index (κ3) is 6.33. The van der Waals surface area contributed by atoms with Crippen molar-refractivity contribution in [2.75, 3.05) is 47.8 Å². The minimum Gasteiger partial charge on any atom is -0.497 e. The van der Waals surface area contributed by atoms with Crippen LogP contribution in [0, 0.1) is 0 Å². The monoisotopic (exact) mass is 466 g/mol. The molecule has 0 N–H and O–H groups in total. The van der Waals surface area contributed by atoms with Gasteiger partial charge in [-0.1, -0.05) is 0 Å². The predicted octanol–water partition coefficient (Wildman–Crippen LogP) is 5.54. The Kier molecular flexibility index (Phi) is 11.1. The highest BCUT2D eigenvalue weighted by molar-refractivity contribution is 7.79. The maximum atomic E-state index is 13.7. The van der Waals surface area contributed by atoms with Crippen molar-refractivity contribution in [2.24, 2.45) is 0 Å². The van der Waals surface area contributed by atoms with Gasteiger partial charge in [0, 0.05) is 11.6 Å². The van der Waals surface area contributed by atoms with E-state index in [0.29, 0.717) is 22.8 Å². The van der Waals surface area contributed by atoms with E-state index in [1.165, 1.54) is 27.4 Å². The molecule has 0 aromatic heterocycles. The Balaban J connectivity index is 3.93. The number of benzene rings is 1. The van der Waals surface area contributed by atoms with Gasteiger partial charge < -0.3 is 32.3 Å². The summed E-state index contributed by atoms with van der Waals surface area (Å²) < 4.78 is 65.3. The van der Waals surface area contributed by atoms with Crippen LogP contribution in [0.1, 0.15) is 33.3 Å². The Labute approximate surface area is 178 Å². The largest absolute Gasteiger partial charge is 0.497 e. The van der Waals surface area contributed by atoms with Crippen LogP contribution >= 0.6 is 15.2 Å². The highest BCUT2D eigenvalue weighted by atomic mass is 31.2. The predicted molar refractivity (Wildman–Crippen MR) is 116 cm³/mol. The lowest BCUT2D eigenvalue weighted by atomic mass is 10.1. The third-order valence-electron chi connectivity index (χ3n) is 3.76. The standard InChI is InChI=1S/C19H32O9P2/c1-8-25-29(20,26-9-2)18(30(21,27-10-3)28-11-4)13-15-12-16(22-5)14-17(23-6)19(15)24-7/h12-14H,8-11H2,1-7H3. The minimum absolute atomic E-state index is 0.0609. The zero-order chi connectivity index (χ0) is 22.8. The molecule has 0 unspecified atom stereocenters. The van der Waals surface area contributed by atoms with Crippen LogP contribution in [-0.2, 0) is 27.2 Å². The maximum Gasteiger partial charge on any atom is 0.369 e. The van der Waals surface area contributed by atoms with Crippen molar-refractivity contribution in [1.29, 1.82) is 0 Å². The van der Waals surface area contributed by atoms with Crippen LogP contribution < -0.4 is 14.2 Å². The molecule has 0 aliphatic heterocycles. The normalized spacial score (nSPS) is 11.8. The maximum absolute atomic E-state index is 13.7. The average molecular weight is 466 g/mol. The van der Waals surface area contributed by atoms with Gasteiger partial charge in [0.2, 0.25) is 0 Å². The van der Waals surface area contributed by atoms with Gasteiger partial charge in [0.25, 0.3) is 0 Å². The first-order valence-electron chi connectivity index (χ1n) is 9.59. The van der Waals surface area contributed by atoms with Gasteiger partial charge in [0.05, 0.1) is 47.8 Å². The van der Waals surface area contributed by atoms with E-state index in [1.54, 1.807) is 39.8 Å². The van der Waals surface area contributed by atoms with Crippen LogP contribution in [0.3, 0.4) is 0 Å². The summed E-state index contributed by atoms with van der Waals surface area (Å²) >= 11 is 0. The van der Waals surface area contributed by atoms with Gasteiger partial charge in [0.15, 0.2) is 16.6 Å². The summed E-state index contributed by atoms with van der Waals surface area (Å²) in [7, 11) is -3.66. The molecule has 1 aromatic rings. The van der Waals surface area contributed by atoms with Crippen LogP contribution in [0.15, 0.2) is 17.2 Å². The second-order valence-electron chi connectivity index (χ2n) is 5.62. The first-order valence-corrected chi connectivity index (χ1v) is 12.7. The van der Waals surface area contributed by atoms with Gasteiger partial charge in [-0.15, -0.1) is 0 Å². The second-order valence-corrected chi connectivity index (χ2v) is 9.96. The van der Waals surface area contributed by atoms with Gasteiger partial charge in [-0.2, -0.15) is 0 Å². The lowest BCUT2D eigenvalue weighted by molar-refractivity contribution is 0.214. The molecular formula is C19H32O9P2. The average Bonchev–Trinajstić information content (AvgIpc) is 2.71. The summed E-state index contributed by atoms with van der Waals surface area (Å²) in [6, 6.07) is 3.25. The van der Waals surface area contributed by atoms with Crippen LogP contribution in [0.5, 0.6) is 17.2 Å². The molecule has 11 heteroatoms. The van der Waals surface area contributed by atoms with E-state index < -0.39 is 15.2 Å². The fourth-order valence-electron chi connectivity index (χ4n) is 2.66. The lowest BCUT2D eigenvalue weighted by Gasteiger charge is -2.26. The number of hydrogen-bond acceptors (Lipinski definition) is 9. The van der Waals surface area contributed by atoms with Gasteiger partial charge >= 0.3 is 15.2 Å². The molecule has 0 amide bonds. The van der Waals surface area contributed by atoms with E-state index >= 15 is 0 Å². The van der Waals surface area contributed by atoms with Crippen LogP contribution in [-0.4, -0.2) is 47.8 Å². The summed E-state index contributed by atoms with van der Waals surface area (Å²) in [6.07, 6.45) is 1.38. The Morgan fingerprint density at radius 2 is 1.23 bits per heavy atom. The number of rotatable bonds is 14. The minimum atomic E-state index is -4.04. The molecule has 30 heavy (non-hydrogen) atoms.